The molecule has 1 amide bonds. The number of benzene rings is 1. The van der Waals surface area contributed by atoms with Gasteiger partial charge in [0.1, 0.15) is 5.75 Å². The van der Waals surface area contributed by atoms with Crippen molar-refractivity contribution in [3.8, 4) is 5.75 Å². The summed E-state index contributed by atoms with van der Waals surface area (Å²) in [6, 6.07) is 5.45. The Morgan fingerprint density at radius 3 is 2.89 bits per heavy atom. The molecule has 0 unspecified atom stereocenters. The number of hydrogen-bond donors (Lipinski definition) is 1. The van der Waals surface area contributed by atoms with Crippen LogP contribution in [-0.2, 0) is 9.53 Å². The summed E-state index contributed by atoms with van der Waals surface area (Å²) in [4.78, 5) is 13.6. The molecule has 2 N–H and O–H groups in total. The zero-order valence-corrected chi connectivity index (χ0v) is 10.5. The van der Waals surface area contributed by atoms with E-state index in [0.29, 0.717) is 37.7 Å². The maximum Gasteiger partial charge on any atom is 0.260 e. The van der Waals surface area contributed by atoms with Gasteiger partial charge in [0.15, 0.2) is 6.61 Å². The molecule has 0 radical (unpaired) electrons. The predicted octanol–water partition coefficient (Wildman–Crippen LogP) is 0.815. The van der Waals surface area contributed by atoms with Crippen LogP contribution in [0, 0.1) is 6.92 Å². The van der Waals surface area contributed by atoms with Crippen LogP contribution in [0.25, 0.3) is 0 Å². The highest BCUT2D eigenvalue weighted by Gasteiger charge is 2.17. The fourth-order valence-corrected chi connectivity index (χ4v) is 1.83. The highest BCUT2D eigenvalue weighted by molar-refractivity contribution is 5.78. The van der Waals surface area contributed by atoms with Crippen molar-refractivity contribution < 1.29 is 14.3 Å². The van der Waals surface area contributed by atoms with Gasteiger partial charge in [0, 0.05) is 24.3 Å². The number of ether oxygens (including phenoxy) is 2. The third-order valence-corrected chi connectivity index (χ3v) is 3.04. The van der Waals surface area contributed by atoms with Gasteiger partial charge in [0.2, 0.25) is 0 Å². The lowest BCUT2D eigenvalue weighted by Crippen LogP contribution is -2.43. The summed E-state index contributed by atoms with van der Waals surface area (Å²) in [7, 11) is 0. The molecule has 0 atom stereocenters. The van der Waals surface area contributed by atoms with Crippen molar-refractivity contribution in [2.45, 2.75) is 6.92 Å². The maximum atomic E-state index is 11.9. The number of rotatable bonds is 3. The number of amides is 1. The molecular formula is C13H18N2O3. The molecule has 0 aromatic heterocycles. The molecule has 1 aromatic rings. The van der Waals surface area contributed by atoms with Gasteiger partial charge in [0.05, 0.1) is 13.2 Å². The first-order valence-electron chi connectivity index (χ1n) is 6.02. The topological polar surface area (TPSA) is 64.8 Å². The van der Waals surface area contributed by atoms with Crippen molar-refractivity contribution in [3.05, 3.63) is 23.8 Å². The molecule has 0 bridgehead atoms. The van der Waals surface area contributed by atoms with Gasteiger partial charge in [0.25, 0.3) is 5.91 Å². The molecule has 1 aromatic carbocycles. The summed E-state index contributed by atoms with van der Waals surface area (Å²) in [5, 5.41) is 0. The Morgan fingerprint density at radius 2 is 2.17 bits per heavy atom. The van der Waals surface area contributed by atoms with Crippen LogP contribution >= 0.6 is 0 Å². The molecule has 1 saturated heterocycles. The standard InChI is InChI=1S/C13H18N2O3/c1-10-11(14)3-2-4-12(10)18-9-13(16)15-5-7-17-8-6-15/h2-4H,5-9,14H2,1H3. The van der Waals surface area contributed by atoms with E-state index in [1.807, 2.05) is 25.1 Å². The fourth-order valence-electron chi connectivity index (χ4n) is 1.83. The number of nitrogens with zero attached hydrogens (tertiary/aromatic N) is 1. The van der Waals surface area contributed by atoms with Crippen LogP contribution in [0.2, 0.25) is 0 Å². The van der Waals surface area contributed by atoms with Crippen LogP contribution in [0.1, 0.15) is 5.56 Å². The van der Waals surface area contributed by atoms with Crippen LogP contribution in [0.3, 0.4) is 0 Å². The van der Waals surface area contributed by atoms with Crippen LogP contribution in [-0.4, -0.2) is 43.7 Å². The molecule has 5 heteroatoms. The Kier molecular flexibility index (Phi) is 4.04. The number of hydrogen-bond acceptors (Lipinski definition) is 4. The summed E-state index contributed by atoms with van der Waals surface area (Å²) in [6.45, 7) is 4.40. The molecule has 5 nitrogen and oxygen atoms in total. The second-order valence-electron chi connectivity index (χ2n) is 4.25. The third kappa shape index (κ3) is 2.92. The van der Waals surface area contributed by atoms with Gasteiger partial charge in [-0.2, -0.15) is 0 Å². The average molecular weight is 250 g/mol. The molecule has 18 heavy (non-hydrogen) atoms. The molecule has 2 rings (SSSR count). The molecule has 0 spiro atoms. The van der Waals surface area contributed by atoms with Crippen molar-refractivity contribution in [1.82, 2.24) is 4.90 Å². The van der Waals surface area contributed by atoms with E-state index in [-0.39, 0.29) is 12.5 Å². The molecule has 0 aliphatic carbocycles. The van der Waals surface area contributed by atoms with E-state index in [9.17, 15) is 4.79 Å². The van der Waals surface area contributed by atoms with Crippen LogP contribution in [0.4, 0.5) is 5.69 Å². The summed E-state index contributed by atoms with van der Waals surface area (Å²) in [6.07, 6.45) is 0. The van der Waals surface area contributed by atoms with Gasteiger partial charge < -0.3 is 20.1 Å². The zero-order valence-electron chi connectivity index (χ0n) is 10.5. The Hall–Kier alpha value is -1.75. The first-order chi connectivity index (χ1) is 8.68. The number of morpholine rings is 1. The van der Waals surface area contributed by atoms with E-state index >= 15 is 0 Å². The summed E-state index contributed by atoms with van der Waals surface area (Å²) in [5.74, 6) is 0.650. The first kappa shape index (κ1) is 12.7. The van der Waals surface area contributed by atoms with Gasteiger partial charge in [-0.1, -0.05) is 6.07 Å². The lowest BCUT2D eigenvalue weighted by Gasteiger charge is -2.26. The van der Waals surface area contributed by atoms with Gasteiger partial charge in [-0.3, -0.25) is 4.79 Å². The molecule has 1 aliphatic heterocycles. The maximum absolute atomic E-state index is 11.9. The molecule has 1 aliphatic rings. The number of nitrogens with two attached hydrogens (primary N) is 1. The van der Waals surface area contributed by atoms with E-state index in [1.54, 1.807) is 4.90 Å². The van der Waals surface area contributed by atoms with Crippen molar-refractivity contribution >= 4 is 11.6 Å². The van der Waals surface area contributed by atoms with Crippen LogP contribution in [0.15, 0.2) is 18.2 Å². The van der Waals surface area contributed by atoms with E-state index in [1.165, 1.54) is 0 Å². The highest BCUT2D eigenvalue weighted by atomic mass is 16.5. The Bertz CT molecular complexity index is 428. The Labute approximate surface area is 106 Å². The summed E-state index contributed by atoms with van der Waals surface area (Å²) in [5.41, 5.74) is 7.32. The van der Waals surface area contributed by atoms with E-state index < -0.39 is 0 Å². The number of nitrogen functional groups attached to an aromatic ring is 1. The number of anilines is 1. The van der Waals surface area contributed by atoms with E-state index in [4.69, 9.17) is 15.2 Å². The first-order valence-corrected chi connectivity index (χ1v) is 6.02. The number of carbonyl (C=O) groups is 1. The SMILES string of the molecule is Cc1c(N)cccc1OCC(=O)N1CCOCC1. The Morgan fingerprint density at radius 1 is 1.44 bits per heavy atom. The smallest absolute Gasteiger partial charge is 0.260 e. The van der Waals surface area contributed by atoms with Crippen molar-refractivity contribution in [2.24, 2.45) is 0 Å². The zero-order chi connectivity index (χ0) is 13.0. The van der Waals surface area contributed by atoms with Crippen LogP contribution in [0.5, 0.6) is 5.75 Å². The van der Waals surface area contributed by atoms with Gasteiger partial charge in [-0.05, 0) is 19.1 Å². The largest absolute Gasteiger partial charge is 0.483 e. The monoisotopic (exact) mass is 250 g/mol. The lowest BCUT2D eigenvalue weighted by molar-refractivity contribution is -0.137. The van der Waals surface area contributed by atoms with Crippen molar-refractivity contribution in [3.63, 3.8) is 0 Å². The van der Waals surface area contributed by atoms with E-state index in [2.05, 4.69) is 0 Å². The molecule has 0 saturated carbocycles. The average Bonchev–Trinajstić information content (AvgIpc) is 2.41. The summed E-state index contributed by atoms with van der Waals surface area (Å²) < 4.78 is 10.7. The number of carbonyl (C=O) groups excluding carboxylic acids is 1. The highest BCUT2D eigenvalue weighted by Crippen LogP contribution is 2.22. The van der Waals surface area contributed by atoms with Gasteiger partial charge in [-0.25, -0.2) is 0 Å². The summed E-state index contributed by atoms with van der Waals surface area (Å²) >= 11 is 0. The minimum atomic E-state index is -0.0138. The normalized spacial score (nSPS) is 15.5. The van der Waals surface area contributed by atoms with Crippen molar-refractivity contribution in [2.75, 3.05) is 38.6 Å². The van der Waals surface area contributed by atoms with Crippen LogP contribution < -0.4 is 10.5 Å². The third-order valence-electron chi connectivity index (χ3n) is 3.04. The second kappa shape index (κ2) is 5.73. The minimum absolute atomic E-state index is 0.0138. The Balaban J connectivity index is 1.90. The van der Waals surface area contributed by atoms with E-state index in [0.717, 1.165) is 5.56 Å². The predicted molar refractivity (Wildman–Crippen MR) is 68.5 cm³/mol. The van der Waals surface area contributed by atoms with Crippen molar-refractivity contribution in [1.29, 1.82) is 0 Å². The van der Waals surface area contributed by atoms with Gasteiger partial charge in [-0.15, -0.1) is 0 Å². The lowest BCUT2D eigenvalue weighted by atomic mass is 10.2. The minimum Gasteiger partial charge on any atom is -0.483 e. The molecular weight excluding hydrogens is 232 g/mol. The quantitative estimate of drug-likeness (QED) is 0.806. The second-order valence-corrected chi connectivity index (χ2v) is 4.25. The fraction of sp³-hybridized carbons (Fsp3) is 0.462. The van der Waals surface area contributed by atoms with Gasteiger partial charge >= 0.3 is 0 Å². The molecule has 1 heterocycles. The molecule has 1 fully saturated rings. The molecule has 98 valence electrons.